The molecule has 112 valence electrons. The monoisotopic (exact) mass is 284 g/mol. The third-order valence-electron chi connectivity index (χ3n) is 3.52. The summed E-state index contributed by atoms with van der Waals surface area (Å²) in [4.78, 5) is 0. The number of nitrogens with two attached hydrogens (primary N) is 1. The standard InChI is InChI=1S/C18H24N2O/c1-4-21-17-7-5-16(6-8-17)18(20-19)12-15-10-13(2)9-14(3)11-15/h5-11,18,20H,4,12,19H2,1-3H3. The Kier molecular flexibility index (Phi) is 5.37. The largest absolute Gasteiger partial charge is 0.494 e. The molecule has 0 aliphatic carbocycles. The number of hydrogen-bond acceptors (Lipinski definition) is 3. The summed E-state index contributed by atoms with van der Waals surface area (Å²) >= 11 is 0. The average molecular weight is 284 g/mol. The molecule has 0 heterocycles. The molecule has 2 rings (SSSR count). The molecular weight excluding hydrogens is 260 g/mol. The molecule has 0 aliphatic heterocycles. The summed E-state index contributed by atoms with van der Waals surface area (Å²) in [5, 5.41) is 0. The van der Waals surface area contributed by atoms with Gasteiger partial charge in [-0.15, -0.1) is 0 Å². The number of hydrazine groups is 1. The van der Waals surface area contributed by atoms with E-state index in [9.17, 15) is 0 Å². The Bertz CT molecular complexity index is 558. The Morgan fingerprint density at radius 1 is 1.05 bits per heavy atom. The van der Waals surface area contributed by atoms with Gasteiger partial charge in [0.1, 0.15) is 5.75 Å². The highest BCUT2D eigenvalue weighted by molar-refractivity contribution is 5.33. The van der Waals surface area contributed by atoms with E-state index in [1.807, 2.05) is 19.1 Å². The van der Waals surface area contributed by atoms with Crippen LogP contribution in [0, 0.1) is 13.8 Å². The topological polar surface area (TPSA) is 47.3 Å². The van der Waals surface area contributed by atoms with Gasteiger partial charge in [0.2, 0.25) is 0 Å². The first kappa shape index (κ1) is 15.5. The molecule has 0 spiro atoms. The molecule has 0 saturated heterocycles. The van der Waals surface area contributed by atoms with Gasteiger partial charge in [0.25, 0.3) is 0 Å². The minimum Gasteiger partial charge on any atom is -0.494 e. The van der Waals surface area contributed by atoms with Crippen LogP contribution in [-0.2, 0) is 6.42 Å². The zero-order valence-electron chi connectivity index (χ0n) is 13.0. The molecular formula is C18H24N2O. The fraction of sp³-hybridized carbons (Fsp3) is 0.333. The highest BCUT2D eigenvalue weighted by Crippen LogP contribution is 2.22. The van der Waals surface area contributed by atoms with Crippen molar-refractivity contribution in [2.24, 2.45) is 5.84 Å². The van der Waals surface area contributed by atoms with Crippen molar-refractivity contribution in [1.82, 2.24) is 5.43 Å². The third kappa shape index (κ3) is 4.31. The van der Waals surface area contributed by atoms with Crippen molar-refractivity contribution >= 4 is 0 Å². The van der Waals surface area contributed by atoms with Crippen molar-refractivity contribution in [3.05, 3.63) is 64.7 Å². The molecule has 0 aromatic heterocycles. The summed E-state index contributed by atoms with van der Waals surface area (Å²) in [5.74, 6) is 6.64. The Hall–Kier alpha value is -1.84. The van der Waals surface area contributed by atoms with Crippen LogP contribution in [0.5, 0.6) is 5.75 Å². The predicted octanol–water partition coefficient (Wildman–Crippen LogP) is 3.45. The second kappa shape index (κ2) is 7.25. The molecule has 0 saturated carbocycles. The minimum atomic E-state index is 0.0990. The zero-order chi connectivity index (χ0) is 15.2. The van der Waals surface area contributed by atoms with E-state index in [1.165, 1.54) is 22.3 Å². The molecule has 1 unspecified atom stereocenters. The van der Waals surface area contributed by atoms with Gasteiger partial charge in [-0.05, 0) is 50.5 Å². The van der Waals surface area contributed by atoms with Gasteiger partial charge in [0.05, 0.1) is 6.61 Å². The number of hydrogen-bond donors (Lipinski definition) is 2. The Morgan fingerprint density at radius 2 is 1.67 bits per heavy atom. The van der Waals surface area contributed by atoms with E-state index in [2.05, 4.69) is 49.6 Å². The lowest BCUT2D eigenvalue weighted by Gasteiger charge is -2.17. The molecule has 0 aliphatic rings. The van der Waals surface area contributed by atoms with E-state index in [-0.39, 0.29) is 6.04 Å². The average Bonchev–Trinajstić information content (AvgIpc) is 2.45. The highest BCUT2D eigenvalue weighted by Gasteiger charge is 2.11. The molecule has 0 bridgehead atoms. The van der Waals surface area contributed by atoms with Crippen LogP contribution in [0.15, 0.2) is 42.5 Å². The molecule has 3 N–H and O–H groups in total. The van der Waals surface area contributed by atoms with E-state index in [4.69, 9.17) is 10.6 Å². The fourth-order valence-corrected chi connectivity index (χ4v) is 2.66. The molecule has 2 aromatic carbocycles. The summed E-state index contributed by atoms with van der Waals surface area (Å²) < 4.78 is 5.47. The smallest absolute Gasteiger partial charge is 0.119 e. The van der Waals surface area contributed by atoms with Crippen molar-refractivity contribution in [1.29, 1.82) is 0 Å². The summed E-state index contributed by atoms with van der Waals surface area (Å²) in [5.41, 5.74) is 7.95. The predicted molar refractivity (Wildman–Crippen MR) is 87.3 cm³/mol. The first-order valence-electron chi connectivity index (χ1n) is 7.38. The van der Waals surface area contributed by atoms with Crippen molar-refractivity contribution < 1.29 is 4.74 Å². The maximum atomic E-state index is 5.74. The van der Waals surface area contributed by atoms with Crippen LogP contribution in [-0.4, -0.2) is 6.61 Å². The summed E-state index contributed by atoms with van der Waals surface area (Å²) in [6, 6.07) is 14.8. The van der Waals surface area contributed by atoms with E-state index in [0.717, 1.165) is 12.2 Å². The first-order chi connectivity index (χ1) is 10.1. The van der Waals surface area contributed by atoms with Gasteiger partial charge in [-0.2, -0.15) is 0 Å². The number of ether oxygens (including phenoxy) is 1. The van der Waals surface area contributed by atoms with Gasteiger partial charge >= 0.3 is 0 Å². The third-order valence-corrected chi connectivity index (χ3v) is 3.52. The second-order valence-electron chi connectivity index (χ2n) is 5.42. The van der Waals surface area contributed by atoms with Crippen LogP contribution >= 0.6 is 0 Å². The summed E-state index contributed by atoms with van der Waals surface area (Å²) in [6.45, 7) is 6.91. The van der Waals surface area contributed by atoms with Gasteiger partial charge in [0.15, 0.2) is 0 Å². The lowest BCUT2D eigenvalue weighted by molar-refractivity contribution is 0.340. The minimum absolute atomic E-state index is 0.0990. The summed E-state index contributed by atoms with van der Waals surface area (Å²) in [7, 11) is 0. The van der Waals surface area contributed by atoms with Crippen molar-refractivity contribution in [2.45, 2.75) is 33.2 Å². The second-order valence-corrected chi connectivity index (χ2v) is 5.42. The highest BCUT2D eigenvalue weighted by atomic mass is 16.5. The van der Waals surface area contributed by atoms with Crippen LogP contribution in [0.2, 0.25) is 0 Å². The van der Waals surface area contributed by atoms with Crippen molar-refractivity contribution in [2.75, 3.05) is 6.61 Å². The van der Waals surface area contributed by atoms with E-state index in [0.29, 0.717) is 6.61 Å². The maximum absolute atomic E-state index is 5.74. The SMILES string of the molecule is CCOc1ccc(C(Cc2cc(C)cc(C)c2)NN)cc1. The molecule has 0 amide bonds. The Labute approximate surface area is 127 Å². The van der Waals surface area contributed by atoms with Crippen LogP contribution in [0.25, 0.3) is 0 Å². The van der Waals surface area contributed by atoms with E-state index < -0.39 is 0 Å². The molecule has 0 fully saturated rings. The number of rotatable bonds is 6. The van der Waals surface area contributed by atoms with Gasteiger partial charge in [-0.25, -0.2) is 0 Å². The van der Waals surface area contributed by atoms with Gasteiger partial charge in [-0.1, -0.05) is 41.5 Å². The number of benzene rings is 2. The Balaban J connectivity index is 2.15. The molecule has 3 heteroatoms. The lowest BCUT2D eigenvalue weighted by Crippen LogP contribution is -2.29. The van der Waals surface area contributed by atoms with Gasteiger partial charge in [-0.3, -0.25) is 11.3 Å². The lowest BCUT2D eigenvalue weighted by atomic mass is 9.97. The number of nitrogens with one attached hydrogen (secondary N) is 1. The number of aryl methyl sites for hydroxylation is 2. The van der Waals surface area contributed by atoms with Crippen LogP contribution in [0.3, 0.4) is 0 Å². The van der Waals surface area contributed by atoms with E-state index in [1.54, 1.807) is 0 Å². The van der Waals surface area contributed by atoms with E-state index >= 15 is 0 Å². The van der Waals surface area contributed by atoms with Crippen molar-refractivity contribution in [3.63, 3.8) is 0 Å². The molecule has 1 atom stereocenters. The van der Waals surface area contributed by atoms with Crippen molar-refractivity contribution in [3.8, 4) is 5.75 Å². The quantitative estimate of drug-likeness (QED) is 0.631. The molecule has 3 nitrogen and oxygen atoms in total. The van der Waals surface area contributed by atoms with Crippen LogP contribution in [0.4, 0.5) is 0 Å². The molecule has 21 heavy (non-hydrogen) atoms. The van der Waals surface area contributed by atoms with Crippen LogP contribution < -0.4 is 16.0 Å². The maximum Gasteiger partial charge on any atom is 0.119 e. The Morgan fingerprint density at radius 3 is 2.19 bits per heavy atom. The zero-order valence-corrected chi connectivity index (χ0v) is 13.0. The van der Waals surface area contributed by atoms with Gasteiger partial charge < -0.3 is 4.74 Å². The fourth-order valence-electron chi connectivity index (χ4n) is 2.66. The molecule has 2 aromatic rings. The first-order valence-corrected chi connectivity index (χ1v) is 7.38. The summed E-state index contributed by atoms with van der Waals surface area (Å²) in [6.07, 6.45) is 0.868. The molecule has 0 radical (unpaired) electrons. The van der Waals surface area contributed by atoms with Crippen LogP contribution in [0.1, 0.15) is 35.2 Å². The normalized spacial score (nSPS) is 12.2. The van der Waals surface area contributed by atoms with Gasteiger partial charge in [0, 0.05) is 6.04 Å².